The second kappa shape index (κ2) is 4.88. The molecule has 1 N–H and O–H groups in total. The van der Waals surface area contributed by atoms with Crippen molar-refractivity contribution in [1.82, 2.24) is 20.2 Å². The van der Waals surface area contributed by atoms with Crippen molar-refractivity contribution in [2.45, 2.75) is 6.54 Å². The Hall–Kier alpha value is -2.02. The minimum absolute atomic E-state index is 0.0258. The number of tetrazole rings is 1. The minimum atomic E-state index is -0.537. The lowest BCUT2D eigenvalue weighted by molar-refractivity contribution is -0.116. The molecular weight excluding hydrogens is 249 g/mol. The van der Waals surface area contributed by atoms with Crippen molar-refractivity contribution in [3.8, 4) is 0 Å². The molecule has 0 saturated carbocycles. The first-order chi connectivity index (χ1) is 8.15. The van der Waals surface area contributed by atoms with Crippen LogP contribution in [0.5, 0.6) is 0 Å². The van der Waals surface area contributed by atoms with Crippen LogP contribution in [0.3, 0.4) is 0 Å². The molecule has 2 aromatic rings. The largest absolute Gasteiger partial charge is 0.324 e. The number of aromatic nitrogens is 4. The van der Waals surface area contributed by atoms with E-state index in [2.05, 4.69) is 20.8 Å². The molecule has 0 aliphatic rings. The van der Waals surface area contributed by atoms with Crippen LogP contribution in [0.15, 0.2) is 24.5 Å². The minimum Gasteiger partial charge on any atom is -0.324 e. The fraction of sp³-hybridized carbons (Fsp3) is 0.111. The molecule has 0 aliphatic carbocycles. The van der Waals surface area contributed by atoms with Crippen molar-refractivity contribution in [3.05, 3.63) is 35.4 Å². The number of amides is 1. The van der Waals surface area contributed by atoms with Gasteiger partial charge >= 0.3 is 0 Å². The lowest BCUT2D eigenvalue weighted by Crippen LogP contribution is -2.19. The Labute approximate surface area is 100 Å². The summed E-state index contributed by atoms with van der Waals surface area (Å²) in [5, 5.41) is 12.8. The zero-order chi connectivity index (χ0) is 12.3. The molecule has 6 nitrogen and oxygen atoms in total. The van der Waals surface area contributed by atoms with Gasteiger partial charge in [0.2, 0.25) is 5.91 Å². The molecule has 0 unspecified atom stereocenters. The van der Waals surface area contributed by atoms with Gasteiger partial charge in [-0.2, -0.15) is 0 Å². The van der Waals surface area contributed by atoms with Crippen molar-refractivity contribution in [1.29, 1.82) is 0 Å². The maximum Gasteiger partial charge on any atom is 0.246 e. The van der Waals surface area contributed by atoms with Gasteiger partial charge in [-0.3, -0.25) is 4.79 Å². The molecule has 8 heteroatoms. The Kier molecular flexibility index (Phi) is 3.29. The first-order valence-electron chi connectivity index (χ1n) is 4.61. The van der Waals surface area contributed by atoms with Crippen LogP contribution in [-0.2, 0) is 11.3 Å². The number of benzene rings is 1. The van der Waals surface area contributed by atoms with Crippen LogP contribution in [0.4, 0.5) is 10.1 Å². The summed E-state index contributed by atoms with van der Waals surface area (Å²) in [5.74, 6) is -0.870. The van der Waals surface area contributed by atoms with Gasteiger partial charge in [0.15, 0.2) is 0 Å². The van der Waals surface area contributed by atoms with Crippen molar-refractivity contribution in [2.75, 3.05) is 5.32 Å². The molecule has 2 rings (SSSR count). The van der Waals surface area contributed by atoms with E-state index in [1.54, 1.807) is 0 Å². The standard InChI is InChI=1S/C9H7ClFN5O/c10-7-3-6(1-2-8(7)11)13-9(17)4-16-5-12-14-15-16/h1-3,5H,4H2,(H,13,17). The number of hydrogen-bond donors (Lipinski definition) is 1. The summed E-state index contributed by atoms with van der Waals surface area (Å²) in [5.41, 5.74) is 0.412. The Morgan fingerprint density at radius 1 is 1.53 bits per heavy atom. The fourth-order valence-corrected chi connectivity index (χ4v) is 1.35. The summed E-state index contributed by atoms with van der Waals surface area (Å²) in [6, 6.07) is 3.92. The molecule has 1 aromatic carbocycles. The number of nitrogens with zero attached hydrogens (tertiary/aromatic N) is 4. The van der Waals surface area contributed by atoms with Crippen molar-refractivity contribution in [2.24, 2.45) is 0 Å². The van der Waals surface area contributed by atoms with Crippen molar-refractivity contribution >= 4 is 23.2 Å². The second-order valence-corrected chi connectivity index (χ2v) is 3.59. The van der Waals surface area contributed by atoms with E-state index < -0.39 is 5.82 Å². The number of nitrogens with one attached hydrogen (secondary N) is 1. The van der Waals surface area contributed by atoms with Gasteiger partial charge in [0.05, 0.1) is 5.02 Å². The van der Waals surface area contributed by atoms with Crippen LogP contribution < -0.4 is 5.32 Å². The maximum atomic E-state index is 12.9. The van der Waals surface area contributed by atoms with Crippen LogP contribution in [0, 0.1) is 5.82 Å². The van der Waals surface area contributed by atoms with Gasteiger partial charge in [-0.05, 0) is 28.6 Å². The van der Waals surface area contributed by atoms with Gasteiger partial charge in [-0.15, -0.1) is 5.10 Å². The van der Waals surface area contributed by atoms with Crippen LogP contribution in [-0.4, -0.2) is 26.1 Å². The van der Waals surface area contributed by atoms with E-state index in [0.717, 1.165) is 0 Å². The number of anilines is 1. The topological polar surface area (TPSA) is 72.7 Å². The molecule has 1 heterocycles. The third-order valence-electron chi connectivity index (χ3n) is 1.90. The monoisotopic (exact) mass is 255 g/mol. The van der Waals surface area contributed by atoms with Gasteiger partial charge in [-0.25, -0.2) is 9.07 Å². The zero-order valence-electron chi connectivity index (χ0n) is 8.47. The third kappa shape index (κ3) is 2.97. The quantitative estimate of drug-likeness (QED) is 0.892. The van der Waals surface area contributed by atoms with Gasteiger partial charge < -0.3 is 5.32 Å². The van der Waals surface area contributed by atoms with Gasteiger partial charge in [-0.1, -0.05) is 11.6 Å². The molecule has 0 saturated heterocycles. The van der Waals surface area contributed by atoms with Crippen LogP contribution >= 0.6 is 11.6 Å². The van der Waals surface area contributed by atoms with Gasteiger partial charge in [0.25, 0.3) is 0 Å². The van der Waals surface area contributed by atoms with E-state index in [1.165, 1.54) is 29.2 Å². The average molecular weight is 256 g/mol. The number of carbonyl (C=O) groups is 1. The lowest BCUT2D eigenvalue weighted by Gasteiger charge is -2.05. The lowest BCUT2D eigenvalue weighted by atomic mass is 10.3. The summed E-state index contributed by atoms with van der Waals surface area (Å²) >= 11 is 5.58. The second-order valence-electron chi connectivity index (χ2n) is 3.18. The SMILES string of the molecule is O=C(Cn1cnnn1)Nc1ccc(F)c(Cl)c1. The Bertz CT molecular complexity index is 530. The van der Waals surface area contributed by atoms with Gasteiger partial charge in [0, 0.05) is 5.69 Å². The molecule has 0 aliphatic heterocycles. The molecule has 17 heavy (non-hydrogen) atoms. The predicted octanol–water partition coefficient (Wildman–Crippen LogP) is 1.10. The molecule has 0 fully saturated rings. The Balaban J connectivity index is 2.00. The number of hydrogen-bond acceptors (Lipinski definition) is 4. The van der Waals surface area contributed by atoms with E-state index in [9.17, 15) is 9.18 Å². The number of rotatable bonds is 3. The molecule has 1 amide bonds. The Morgan fingerprint density at radius 3 is 3.00 bits per heavy atom. The van der Waals surface area contributed by atoms with E-state index >= 15 is 0 Å². The molecule has 0 bridgehead atoms. The van der Waals surface area contributed by atoms with Crippen LogP contribution in [0.1, 0.15) is 0 Å². The van der Waals surface area contributed by atoms with Crippen LogP contribution in [0.2, 0.25) is 5.02 Å². The van der Waals surface area contributed by atoms with Crippen LogP contribution in [0.25, 0.3) is 0 Å². The van der Waals surface area contributed by atoms with E-state index in [-0.39, 0.29) is 17.5 Å². The average Bonchev–Trinajstić information content (AvgIpc) is 2.76. The molecular formula is C9H7ClFN5O. The first-order valence-corrected chi connectivity index (χ1v) is 4.98. The highest BCUT2D eigenvalue weighted by Crippen LogP contribution is 2.19. The Morgan fingerprint density at radius 2 is 2.35 bits per heavy atom. The first kappa shape index (κ1) is 11.5. The smallest absolute Gasteiger partial charge is 0.246 e. The van der Waals surface area contributed by atoms with Crippen molar-refractivity contribution < 1.29 is 9.18 Å². The fourth-order valence-electron chi connectivity index (χ4n) is 1.17. The highest BCUT2D eigenvalue weighted by molar-refractivity contribution is 6.31. The summed E-state index contributed by atoms with van der Waals surface area (Å²) in [7, 11) is 0. The predicted molar refractivity (Wildman–Crippen MR) is 57.9 cm³/mol. The molecule has 0 radical (unpaired) electrons. The van der Waals surface area contributed by atoms with E-state index in [1.807, 2.05) is 0 Å². The number of halogens is 2. The molecule has 88 valence electrons. The third-order valence-corrected chi connectivity index (χ3v) is 2.19. The highest BCUT2D eigenvalue weighted by atomic mass is 35.5. The summed E-state index contributed by atoms with van der Waals surface area (Å²) in [6.45, 7) is -0.0258. The summed E-state index contributed by atoms with van der Waals surface area (Å²) in [6.07, 6.45) is 1.32. The zero-order valence-corrected chi connectivity index (χ0v) is 9.23. The molecule has 0 spiro atoms. The normalized spacial score (nSPS) is 10.2. The molecule has 1 aromatic heterocycles. The van der Waals surface area contributed by atoms with E-state index in [4.69, 9.17) is 11.6 Å². The summed E-state index contributed by atoms with van der Waals surface area (Å²) in [4.78, 5) is 11.5. The van der Waals surface area contributed by atoms with Gasteiger partial charge in [0.1, 0.15) is 18.7 Å². The highest BCUT2D eigenvalue weighted by Gasteiger charge is 2.06. The maximum absolute atomic E-state index is 12.9. The molecule has 0 atom stereocenters. The van der Waals surface area contributed by atoms with Crippen molar-refractivity contribution in [3.63, 3.8) is 0 Å². The summed E-state index contributed by atoms with van der Waals surface area (Å²) < 4.78 is 14.1. The number of carbonyl (C=O) groups excluding carboxylic acids is 1. The van der Waals surface area contributed by atoms with E-state index in [0.29, 0.717) is 5.69 Å².